The average molecular weight is 472 g/mol. The van der Waals surface area contributed by atoms with Crippen molar-refractivity contribution in [2.45, 2.75) is 19.4 Å². The molecule has 0 aliphatic rings. The molecule has 0 bridgehead atoms. The summed E-state index contributed by atoms with van der Waals surface area (Å²) in [6.07, 6.45) is 0.488. The van der Waals surface area contributed by atoms with Crippen molar-refractivity contribution in [1.29, 1.82) is 0 Å². The number of pyridine rings is 1. The molecular weight excluding hydrogens is 452 g/mol. The van der Waals surface area contributed by atoms with Gasteiger partial charge in [-0.1, -0.05) is 29.8 Å². The fourth-order valence-electron chi connectivity index (χ4n) is 3.58. The van der Waals surface area contributed by atoms with E-state index in [9.17, 15) is 14.3 Å². The molecule has 1 atom stereocenters. The number of amides is 1. The van der Waals surface area contributed by atoms with Crippen molar-refractivity contribution in [3.8, 4) is 11.1 Å². The second-order valence-electron chi connectivity index (χ2n) is 7.53. The average Bonchev–Trinajstić information content (AvgIpc) is 3.13. The number of aryl methyl sites for hydroxylation is 1. The smallest absolute Gasteiger partial charge is 0.254 e. The van der Waals surface area contributed by atoms with Crippen LogP contribution in [0.15, 0.2) is 48.7 Å². The lowest BCUT2D eigenvalue weighted by molar-refractivity contribution is 0.0937. The second-order valence-corrected chi connectivity index (χ2v) is 7.97. The first kappa shape index (κ1) is 22.6. The Morgan fingerprint density at radius 2 is 2.03 bits per heavy atom. The summed E-state index contributed by atoms with van der Waals surface area (Å²) in [5, 5.41) is 17.0. The highest BCUT2D eigenvalue weighted by molar-refractivity contribution is 6.30. The molecule has 0 saturated heterocycles. The number of nitrogens with two attached hydrogens (primary N) is 1. The maximum Gasteiger partial charge on any atom is 0.254 e. The van der Waals surface area contributed by atoms with Crippen LogP contribution in [0.5, 0.6) is 0 Å². The molecular formula is C23H20ClF2N5O2. The number of carbonyl (C=O) groups excluding carboxylic acids is 1. The lowest BCUT2D eigenvalue weighted by Crippen LogP contribution is -2.27. The van der Waals surface area contributed by atoms with Crippen LogP contribution in [0.3, 0.4) is 0 Å². The largest absolute Gasteiger partial charge is 0.388 e. The molecule has 4 aromatic rings. The van der Waals surface area contributed by atoms with E-state index in [-0.39, 0.29) is 40.6 Å². The molecule has 2 aromatic heterocycles. The number of halogens is 3. The molecule has 2 aromatic carbocycles. The number of fused-ring (bicyclic) bond motifs is 1. The number of nitrogens with one attached hydrogen (secondary N) is 1. The fourth-order valence-corrected chi connectivity index (χ4v) is 3.74. The Hall–Kier alpha value is -3.56. The first-order chi connectivity index (χ1) is 15.7. The third kappa shape index (κ3) is 4.64. The van der Waals surface area contributed by atoms with Crippen LogP contribution in [-0.2, 0) is 0 Å². The second kappa shape index (κ2) is 9.13. The van der Waals surface area contributed by atoms with E-state index >= 15 is 4.39 Å². The molecule has 7 nitrogen and oxygen atoms in total. The van der Waals surface area contributed by atoms with Crippen molar-refractivity contribution in [1.82, 2.24) is 19.9 Å². The standard InChI is InChI=1S/C23H20ClF2N5O2/c1-12-2-4-15(13-7-9-31-19(10-13)29-23(27)30-31)21(26)20(12)22(33)28-8-6-18(32)16-5-3-14(24)11-17(16)25/h2-5,7,9-11,18,32H,6,8H2,1H3,(H2,27,30)(H,28,33)/t18-/m1/s1. The van der Waals surface area contributed by atoms with E-state index in [2.05, 4.69) is 15.4 Å². The maximum absolute atomic E-state index is 15.4. The lowest BCUT2D eigenvalue weighted by Gasteiger charge is -2.15. The fraction of sp³-hybridized carbons (Fsp3) is 0.174. The summed E-state index contributed by atoms with van der Waals surface area (Å²) in [5.41, 5.74) is 7.18. The highest BCUT2D eigenvalue weighted by atomic mass is 35.5. The van der Waals surface area contributed by atoms with E-state index in [0.717, 1.165) is 6.07 Å². The predicted octanol–water partition coefficient (Wildman–Crippen LogP) is 4.07. The maximum atomic E-state index is 15.4. The molecule has 4 N–H and O–H groups in total. The highest BCUT2D eigenvalue weighted by Crippen LogP contribution is 2.28. The molecule has 0 unspecified atom stereocenters. The van der Waals surface area contributed by atoms with Crippen molar-refractivity contribution < 1.29 is 18.7 Å². The predicted molar refractivity (Wildman–Crippen MR) is 121 cm³/mol. The van der Waals surface area contributed by atoms with E-state index < -0.39 is 23.6 Å². The number of benzene rings is 2. The number of rotatable bonds is 6. The van der Waals surface area contributed by atoms with Crippen LogP contribution in [0.25, 0.3) is 16.8 Å². The van der Waals surface area contributed by atoms with E-state index in [1.165, 1.54) is 16.6 Å². The number of aliphatic hydroxyl groups excluding tert-OH is 1. The van der Waals surface area contributed by atoms with Gasteiger partial charge in [-0.15, -0.1) is 5.10 Å². The number of hydrogen-bond donors (Lipinski definition) is 3. The number of nitrogens with zero attached hydrogens (tertiary/aromatic N) is 3. The number of nitrogen functional groups attached to an aromatic ring is 1. The van der Waals surface area contributed by atoms with Gasteiger partial charge in [-0.25, -0.2) is 13.3 Å². The van der Waals surface area contributed by atoms with Crippen molar-refractivity contribution in [2.75, 3.05) is 12.3 Å². The van der Waals surface area contributed by atoms with Crippen LogP contribution in [0.4, 0.5) is 14.7 Å². The molecule has 4 rings (SSSR count). The van der Waals surface area contributed by atoms with Crippen molar-refractivity contribution in [2.24, 2.45) is 0 Å². The van der Waals surface area contributed by atoms with Gasteiger partial charge in [0.05, 0.1) is 11.7 Å². The molecule has 0 aliphatic heterocycles. The molecule has 0 spiro atoms. The Kier molecular flexibility index (Phi) is 6.26. The van der Waals surface area contributed by atoms with Crippen LogP contribution in [0.1, 0.15) is 34.0 Å². The Labute approximate surface area is 192 Å². The van der Waals surface area contributed by atoms with Gasteiger partial charge in [0, 0.05) is 28.9 Å². The minimum Gasteiger partial charge on any atom is -0.388 e. The van der Waals surface area contributed by atoms with Gasteiger partial charge >= 0.3 is 0 Å². The van der Waals surface area contributed by atoms with Gasteiger partial charge in [0.1, 0.15) is 11.6 Å². The Morgan fingerprint density at radius 3 is 2.79 bits per heavy atom. The Morgan fingerprint density at radius 1 is 1.24 bits per heavy atom. The molecule has 1 amide bonds. The Bertz CT molecular complexity index is 1360. The summed E-state index contributed by atoms with van der Waals surface area (Å²) in [5.74, 6) is -1.86. The van der Waals surface area contributed by atoms with Gasteiger partial charge in [-0.3, -0.25) is 4.79 Å². The summed E-state index contributed by atoms with van der Waals surface area (Å²) in [4.78, 5) is 16.8. The number of aliphatic hydroxyl groups is 1. The number of aromatic nitrogens is 3. The van der Waals surface area contributed by atoms with Crippen molar-refractivity contribution in [3.63, 3.8) is 0 Å². The van der Waals surface area contributed by atoms with E-state index in [4.69, 9.17) is 17.3 Å². The third-order valence-electron chi connectivity index (χ3n) is 5.27. The topological polar surface area (TPSA) is 106 Å². The summed E-state index contributed by atoms with van der Waals surface area (Å²) in [6.45, 7) is 1.64. The normalized spacial score (nSPS) is 12.2. The van der Waals surface area contributed by atoms with Crippen LogP contribution < -0.4 is 11.1 Å². The summed E-state index contributed by atoms with van der Waals surface area (Å²) >= 11 is 5.72. The van der Waals surface area contributed by atoms with Crippen molar-refractivity contribution in [3.05, 3.63) is 82.0 Å². The molecule has 170 valence electrons. The van der Waals surface area contributed by atoms with Crippen LogP contribution in [-0.4, -0.2) is 32.2 Å². The van der Waals surface area contributed by atoms with Crippen LogP contribution in [0.2, 0.25) is 5.02 Å². The molecule has 10 heteroatoms. The molecule has 0 radical (unpaired) electrons. The van der Waals surface area contributed by atoms with Gasteiger partial charge in [0.25, 0.3) is 5.91 Å². The molecule has 0 saturated carbocycles. The first-order valence-electron chi connectivity index (χ1n) is 10.1. The minimum atomic E-state index is -1.15. The van der Waals surface area contributed by atoms with Gasteiger partial charge in [0.2, 0.25) is 5.95 Å². The summed E-state index contributed by atoms with van der Waals surface area (Å²) in [7, 11) is 0. The number of hydrogen-bond acceptors (Lipinski definition) is 5. The summed E-state index contributed by atoms with van der Waals surface area (Å²) in [6, 6.07) is 10.5. The van der Waals surface area contributed by atoms with E-state index in [1.54, 1.807) is 37.4 Å². The van der Waals surface area contributed by atoms with E-state index in [0.29, 0.717) is 16.8 Å². The van der Waals surface area contributed by atoms with Crippen LogP contribution >= 0.6 is 11.6 Å². The van der Waals surface area contributed by atoms with Gasteiger partial charge < -0.3 is 16.2 Å². The molecule has 33 heavy (non-hydrogen) atoms. The van der Waals surface area contributed by atoms with Gasteiger partial charge in [-0.05, 0) is 48.7 Å². The zero-order chi connectivity index (χ0) is 23.7. The minimum absolute atomic E-state index is 0.0101. The van der Waals surface area contributed by atoms with Gasteiger partial charge in [0.15, 0.2) is 5.65 Å². The number of carbonyl (C=O) groups is 1. The molecule has 0 aliphatic carbocycles. The van der Waals surface area contributed by atoms with Crippen molar-refractivity contribution >= 4 is 29.1 Å². The molecule has 2 heterocycles. The SMILES string of the molecule is Cc1ccc(-c2ccn3nc(N)nc3c2)c(F)c1C(=O)NCC[C@@H](O)c1ccc(Cl)cc1F. The zero-order valence-corrected chi connectivity index (χ0v) is 18.3. The van der Waals surface area contributed by atoms with Gasteiger partial charge in [-0.2, -0.15) is 4.98 Å². The summed E-state index contributed by atoms with van der Waals surface area (Å²) < 4.78 is 30.8. The van der Waals surface area contributed by atoms with Crippen LogP contribution in [0, 0.1) is 18.6 Å². The number of anilines is 1. The first-order valence-corrected chi connectivity index (χ1v) is 10.4. The third-order valence-corrected chi connectivity index (χ3v) is 5.50. The lowest BCUT2D eigenvalue weighted by atomic mass is 9.98. The highest BCUT2D eigenvalue weighted by Gasteiger charge is 2.20. The quantitative estimate of drug-likeness (QED) is 0.393. The zero-order valence-electron chi connectivity index (χ0n) is 17.5. The monoisotopic (exact) mass is 471 g/mol. The van der Waals surface area contributed by atoms with E-state index in [1.807, 2.05) is 0 Å². The molecule has 0 fully saturated rings. The Balaban J connectivity index is 1.51.